The lowest BCUT2D eigenvalue weighted by atomic mass is 10.1. The van der Waals surface area contributed by atoms with Crippen molar-refractivity contribution in [2.24, 2.45) is 0 Å². The average molecular weight is 293 g/mol. The van der Waals surface area contributed by atoms with Gasteiger partial charge < -0.3 is 10.4 Å². The predicted molar refractivity (Wildman–Crippen MR) is 86.4 cm³/mol. The van der Waals surface area contributed by atoms with Gasteiger partial charge in [0.15, 0.2) is 0 Å². The minimum absolute atomic E-state index is 0.169. The Bertz CT molecular complexity index is 857. The van der Waals surface area contributed by atoms with Gasteiger partial charge in [-0.2, -0.15) is 4.98 Å². The summed E-state index contributed by atoms with van der Waals surface area (Å²) in [4.78, 5) is 18.9. The molecule has 0 bridgehead atoms. The Morgan fingerprint density at radius 1 is 1.09 bits per heavy atom. The molecule has 0 amide bonds. The number of aromatic hydroxyl groups is 1. The molecule has 0 radical (unpaired) electrons. The molecule has 0 saturated heterocycles. The van der Waals surface area contributed by atoms with Crippen LogP contribution in [-0.2, 0) is 0 Å². The Kier molecular flexibility index (Phi) is 3.62. The largest absolute Gasteiger partial charge is 0.493 e. The molecule has 0 aliphatic heterocycles. The highest BCUT2D eigenvalue weighted by molar-refractivity contribution is 5.69. The summed E-state index contributed by atoms with van der Waals surface area (Å²) in [5, 5.41) is 13.1. The minimum Gasteiger partial charge on any atom is -0.493 e. The molecule has 0 atom stereocenters. The van der Waals surface area contributed by atoms with Crippen LogP contribution >= 0.6 is 0 Å². The molecule has 0 fully saturated rings. The van der Waals surface area contributed by atoms with Crippen LogP contribution in [0.1, 0.15) is 5.56 Å². The molecule has 3 aromatic rings. The zero-order chi connectivity index (χ0) is 15.5. The summed E-state index contributed by atoms with van der Waals surface area (Å²) >= 11 is 0. The third kappa shape index (κ3) is 2.83. The normalized spacial score (nSPS) is 10.4. The molecule has 110 valence electrons. The molecule has 5 heteroatoms. The van der Waals surface area contributed by atoms with E-state index in [1.54, 1.807) is 6.07 Å². The summed E-state index contributed by atoms with van der Waals surface area (Å²) in [6.45, 7) is 1.92. The second-order valence-corrected chi connectivity index (χ2v) is 4.97. The van der Waals surface area contributed by atoms with E-state index < -0.39 is 5.56 Å². The molecule has 5 nitrogen and oxygen atoms in total. The standard InChI is InChI=1S/C17H15N3O2/c1-11-6-5-7-12(10-11)14-15(21)19-17(20-16(14)22)18-13-8-3-2-4-9-13/h2-10H,1H3,(H3,18,19,20,21,22). The first-order valence-corrected chi connectivity index (χ1v) is 6.86. The molecule has 0 aliphatic rings. The Hall–Kier alpha value is -3.08. The van der Waals surface area contributed by atoms with Crippen molar-refractivity contribution in [1.29, 1.82) is 0 Å². The number of aromatic amines is 1. The van der Waals surface area contributed by atoms with Crippen LogP contribution in [0.15, 0.2) is 59.4 Å². The molecule has 2 aromatic carbocycles. The molecule has 0 saturated carbocycles. The van der Waals surface area contributed by atoms with Crippen LogP contribution in [0.2, 0.25) is 0 Å². The van der Waals surface area contributed by atoms with Gasteiger partial charge in [0.25, 0.3) is 5.56 Å². The van der Waals surface area contributed by atoms with Gasteiger partial charge in [-0.05, 0) is 24.6 Å². The second kappa shape index (κ2) is 5.73. The lowest BCUT2D eigenvalue weighted by molar-refractivity contribution is 0.454. The van der Waals surface area contributed by atoms with Crippen LogP contribution in [0.3, 0.4) is 0 Å². The quantitative estimate of drug-likeness (QED) is 0.693. The molecule has 0 unspecified atom stereocenters. The highest BCUT2D eigenvalue weighted by Crippen LogP contribution is 2.25. The smallest absolute Gasteiger partial charge is 0.264 e. The van der Waals surface area contributed by atoms with Crippen molar-refractivity contribution < 1.29 is 5.11 Å². The lowest BCUT2D eigenvalue weighted by Crippen LogP contribution is -2.13. The van der Waals surface area contributed by atoms with E-state index in [1.165, 1.54) is 0 Å². The fourth-order valence-electron chi connectivity index (χ4n) is 2.24. The Labute approximate surface area is 127 Å². The maximum atomic E-state index is 12.3. The summed E-state index contributed by atoms with van der Waals surface area (Å²) in [6, 6.07) is 16.6. The summed E-state index contributed by atoms with van der Waals surface area (Å²) in [5.41, 5.74) is 2.19. The molecule has 1 heterocycles. The molecule has 1 aromatic heterocycles. The monoisotopic (exact) mass is 293 g/mol. The van der Waals surface area contributed by atoms with Crippen LogP contribution < -0.4 is 10.9 Å². The van der Waals surface area contributed by atoms with Crippen LogP contribution in [0.4, 0.5) is 11.6 Å². The number of aryl methyl sites for hydroxylation is 1. The van der Waals surface area contributed by atoms with Crippen LogP contribution in [0.5, 0.6) is 5.88 Å². The number of aromatic nitrogens is 2. The van der Waals surface area contributed by atoms with Crippen molar-refractivity contribution in [3.63, 3.8) is 0 Å². The number of benzene rings is 2. The van der Waals surface area contributed by atoms with Gasteiger partial charge in [-0.15, -0.1) is 0 Å². The number of hydrogen-bond acceptors (Lipinski definition) is 4. The highest BCUT2D eigenvalue weighted by atomic mass is 16.3. The third-order valence-corrected chi connectivity index (χ3v) is 3.24. The van der Waals surface area contributed by atoms with Crippen molar-refractivity contribution in [1.82, 2.24) is 9.97 Å². The fourth-order valence-corrected chi connectivity index (χ4v) is 2.24. The van der Waals surface area contributed by atoms with Gasteiger partial charge in [0.1, 0.15) is 5.56 Å². The van der Waals surface area contributed by atoms with Gasteiger partial charge in [0.05, 0.1) is 0 Å². The van der Waals surface area contributed by atoms with E-state index in [9.17, 15) is 9.90 Å². The molecule has 0 spiro atoms. The fraction of sp³-hybridized carbons (Fsp3) is 0.0588. The van der Waals surface area contributed by atoms with Gasteiger partial charge in [0, 0.05) is 5.69 Å². The van der Waals surface area contributed by atoms with Gasteiger partial charge in [-0.3, -0.25) is 9.78 Å². The van der Waals surface area contributed by atoms with Crippen LogP contribution in [0.25, 0.3) is 11.1 Å². The lowest BCUT2D eigenvalue weighted by Gasteiger charge is -2.08. The molecule has 3 N–H and O–H groups in total. The van der Waals surface area contributed by atoms with E-state index in [-0.39, 0.29) is 17.4 Å². The van der Waals surface area contributed by atoms with Crippen LogP contribution in [0, 0.1) is 6.92 Å². The Balaban J connectivity index is 2.00. The van der Waals surface area contributed by atoms with Gasteiger partial charge >= 0.3 is 0 Å². The molecule has 3 rings (SSSR count). The number of hydrogen-bond donors (Lipinski definition) is 3. The summed E-state index contributed by atoms with van der Waals surface area (Å²) in [5.74, 6) is -0.0992. The van der Waals surface area contributed by atoms with Gasteiger partial charge in [-0.1, -0.05) is 48.0 Å². The summed E-state index contributed by atoms with van der Waals surface area (Å²) < 4.78 is 0. The molecular formula is C17H15N3O2. The Morgan fingerprint density at radius 2 is 1.86 bits per heavy atom. The number of para-hydroxylation sites is 1. The first kappa shape index (κ1) is 13.9. The zero-order valence-electron chi connectivity index (χ0n) is 12.0. The Morgan fingerprint density at radius 3 is 2.55 bits per heavy atom. The maximum absolute atomic E-state index is 12.3. The topological polar surface area (TPSA) is 78.0 Å². The van der Waals surface area contributed by atoms with Crippen molar-refractivity contribution in [3.05, 3.63) is 70.5 Å². The first-order chi connectivity index (χ1) is 10.6. The first-order valence-electron chi connectivity index (χ1n) is 6.86. The molecular weight excluding hydrogens is 278 g/mol. The average Bonchev–Trinajstić information content (AvgIpc) is 2.47. The van der Waals surface area contributed by atoms with E-state index in [1.807, 2.05) is 55.5 Å². The summed E-state index contributed by atoms with van der Waals surface area (Å²) in [6.07, 6.45) is 0. The number of nitrogens with zero attached hydrogens (tertiary/aromatic N) is 1. The maximum Gasteiger partial charge on any atom is 0.264 e. The van der Waals surface area contributed by atoms with Crippen molar-refractivity contribution in [3.8, 4) is 17.0 Å². The highest BCUT2D eigenvalue weighted by Gasteiger charge is 2.13. The van der Waals surface area contributed by atoms with Gasteiger partial charge in [-0.25, -0.2) is 0 Å². The second-order valence-electron chi connectivity index (χ2n) is 4.97. The number of rotatable bonds is 3. The van der Waals surface area contributed by atoms with Crippen molar-refractivity contribution in [2.75, 3.05) is 5.32 Å². The molecule has 22 heavy (non-hydrogen) atoms. The van der Waals surface area contributed by atoms with Gasteiger partial charge in [0.2, 0.25) is 11.8 Å². The van der Waals surface area contributed by atoms with E-state index in [0.717, 1.165) is 11.3 Å². The van der Waals surface area contributed by atoms with Crippen molar-refractivity contribution >= 4 is 11.6 Å². The summed E-state index contributed by atoms with van der Waals surface area (Å²) in [7, 11) is 0. The van der Waals surface area contributed by atoms with E-state index in [2.05, 4.69) is 15.3 Å². The zero-order valence-corrected chi connectivity index (χ0v) is 12.0. The van der Waals surface area contributed by atoms with E-state index in [0.29, 0.717) is 5.56 Å². The number of H-pyrrole nitrogens is 1. The van der Waals surface area contributed by atoms with E-state index in [4.69, 9.17) is 0 Å². The molecule has 0 aliphatic carbocycles. The van der Waals surface area contributed by atoms with Crippen molar-refractivity contribution in [2.45, 2.75) is 6.92 Å². The van der Waals surface area contributed by atoms with Crippen LogP contribution in [-0.4, -0.2) is 15.1 Å². The number of nitrogens with one attached hydrogen (secondary N) is 2. The predicted octanol–water partition coefficient (Wildman–Crippen LogP) is 3.19. The van der Waals surface area contributed by atoms with E-state index >= 15 is 0 Å². The number of anilines is 2. The SMILES string of the molecule is Cc1cccc(-c2c(O)nc(Nc3ccccc3)[nH]c2=O)c1. The third-order valence-electron chi connectivity index (χ3n) is 3.24. The minimum atomic E-state index is -0.392.